The fourth-order valence-electron chi connectivity index (χ4n) is 16.9. The first kappa shape index (κ1) is 99.5. The zero-order chi connectivity index (χ0) is 86.8. The van der Waals surface area contributed by atoms with Gasteiger partial charge in [0.05, 0.1) is 58.1 Å². The summed E-state index contributed by atoms with van der Waals surface area (Å²) in [6, 6.07) is 50.4. The molecule has 125 heavy (non-hydrogen) atoms. The number of benzene rings is 6. The number of carbonyl (C=O) groups is 6. The van der Waals surface area contributed by atoms with Gasteiger partial charge < -0.3 is 59.4 Å². The third kappa shape index (κ3) is 24.8. The summed E-state index contributed by atoms with van der Waals surface area (Å²) in [6.45, 7) is 11.8. The van der Waals surface area contributed by atoms with Crippen LogP contribution in [-0.4, -0.2) is 181 Å². The van der Waals surface area contributed by atoms with Gasteiger partial charge in [0.1, 0.15) is 57.1 Å². The smallest absolute Gasteiger partial charge is 0.339 e. The maximum atomic E-state index is 16.1. The second kappa shape index (κ2) is 46.0. The van der Waals surface area contributed by atoms with E-state index in [0.717, 1.165) is 89.8 Å². The Labute approximate surface area is 768 Å². The number of ether oxygens (including phenoxy) is 5. The van der Waals surface area contributed by atoms with Crippen LogP contribution in [0.4, 0.5) is 0 Å². The van der Waals surface area contributed by atoms with Crippen LogP contribution in [0.3, 0.4) is 0 Å². The van der Waals surface area contributed by atoms with Gasteiger partial charge in [0.2, 0.25) is 0 Å². The van der Waals surface area contributed by atoms with Gasteiger partial charge in [-0.1, -0.05) is 179 Å². The van der Waals surface area contributed by atoms with Gasteiger partial charge in [0, 0.05) is 65.4 Å². The zero-order valence-corrected chi connectivity index (χ0v) is 77.7. The number of aliphatic hydroxyl groups is 1. The number of halogens is 6. The van der Waals surface area contributed by atoms with Crippen molar-refractivity contribution in [1.29, 1.82) is 0 Å². The summed E-state index contributed by atoms with van der Waals surface area (Å²) in [5.41, 5.74) is 5.41. The highest BCUT2D eigenvalue weighted by Gasteiger charge is 2.53. The SMILES string of the molecule is CCCc1ccccc1-c1ccc(C(=O)NC2(C(=O)OC3CCCC(NC(=O)c4ccc(-c5ccccc5CC)c(-c5ccc(Cl)c(OCC(C)CN(C)C)c5)n4)(C(=O)OC(=O)C4(NC(=O)c5ccc(-c6ccccc6CC)c(-c6ccc(Cl)c(OCCCN(C)C)c6)n5)CCCCC4)C3)CCC(O)CC2)nc1-c1ccc(Cl)c(OCCCN(C)C)c1.Cl.Cl.Cl. The number of nitrogens with one attached hydrogen (secondary N) is 3. The molecule has 27 heteroatoms. The van der Waals surface area contributed by atoms with E-state index in [0.29, 0.717) is 124 Å². The fourth-order valence-corrected chi connectivity index (χ4v) is 17.4. The van der Waals surface area contributed by atoms with E-state index in [9.17, 15) is 5.11 Å². The van der Waals surface area contributed by atoms with E-state index in [2.05, 4.69) is 64.4 Å². The standard InChI is InChI=1S/C98H114Cl3N9O12.3ClH/c1-11-26-66-29-17-20-33-74(66)77-39-45-82(103-89(77)68-35-41-79(100)85(58-68)119-56-25-54-109(7)8)91(113)106-97(51-46-70(111)47-52-97)93(115)121-71-30-23-50-98(60-71,107-92(114)83-44-38-76(73-32-19-16-28-65(73)13-3)88(104-83)69-36-42-80(101)86(59-69)120-62-63(4)61-110(9)10)95(117)122-94(116)96(48-21-14-22-49-96)105-90(112)81-43-37-75(72-31-18-15-27-64(72)12-2)87(102-81)67-34-40-78(99)84(57-67)118-55-24-53-108(5)6;;;/h15-20,27-29,31-45,57-59,63,70-71,111H,11-14,21-26,30,46-56,60-62H2,1-10H3,(H,105,112)(H,106,113)(H,107,114);3*1H. The number of aryl methyl sites for hydroxylation is 3. The van der Waals surface area contributed by atoms with E-state index in [1.54, 1.807) is 42.5 Å². The monoisotopic (exact) mass is 1820 g/mol. The van der Waals surface area contributed by atoms with E-state index >= 15 is 28.8 Å². The molecule has 3 aliphatic carbocycles. The summed E-state index contributed by atoms with van der Waals surface area (Å²) < 4.78 is 31.8. The molecule has 3 aliphatic rings. The number of pyridine rings is 3. The van der Waals surface area contributed by atoms with E-state index in [1.807, 2.05) is 158 Å². The summed E-state index contributed by atoms with van der Waals surface area (Å²) >= 11 is 20.5. The first-order valence-electron chi connectivity index (χ1n) is 42.9. The summed E-state index contributed by atoms with van der Waals surface area (Å²) in [7, 11) is 12.0. The molecule has 0 radical (unpaired) electrons. The van der Waals surface area contributed by atoms with Gasteiger partial charge in [-0.3, -0.25) is 14.4 Å². The molecule has 0 aliphatic heterocycles. The quantitative estimate of drug-likeness (QED) is 0.0164. The molecule has 9 aromatic rings. The Morgan fingerprint density at radius 2 is 0.848 bits per heavy atom. The minimum absolute atomic E-state index is 0. The maximum Gasteiger partial charge on any atom is 0.339 e. The van der Waals surface area contributed by atoms with Crippen molar-refractivity contribution in [3.05, 3.63) is 213 Å². The summed E-state index contributed by atoms with van der Waals surface area (Å²) in [6.07, 6.45) is 4.34. The second-order valence-electron chi connectivity index (χ2n) is 33.5. The molecule has 0 saturated heterocycles. The number of hydrogen-bond acceptors (Lipinski definition) is 18. The number of nitrogens with zero attached hydrogens (tertiary/aromatic N) is 6. The summed E-state index contributed by atoms with van der Waals surface area (Å²) in [4.78, 5) is 116. The first-order chi connectivity index (χ1) is 58.7. The van der Waals surface area contributed by atoms with E-state index in [-0.39, 0.29) is 118 Å². The molecule has 3 atom stereocenters. The van der Waals surface area contributed by atoms with Crippen LogP contribution in [0.1, 0.15) is 179 Å². The predicted molar refractivity (Wildman–Crippen MR) is 503 cm³/mol. The van der Waals surface area contributed by atoms with Gasteiger partial charge in [-0.25, -0.2) is 29.3 Å². The van der Waals surface area contributed by atoms with Gasteiger partial charge >= 0.3 is 17.9 Å². The van der Waals surface area contributed by atoms with Gasteiger partial charge in [-0.05, 0) is 238 Å². The van der Waals surface area contributed by atoms with Crippen molar-refractivity contribution < 1.29 is 57.6 Å². The van der Waals surface area contributed by atoms with Crippen LogP contribution >= 0.6 is 72.0 Å². The molecule has 0 spiro atoms. The van der Waals surface area contributed by atoms with E-state index in [1.165, 1.54) is 0 Å². The lowest BCUT2D eigenvalue weighted by molar-refractivity contribution is -0.175. The average Bonchev–Trinajstić information content (AvgIpc) is 0.769. The summed E-state index contributed by atoms with van der Waals surface area (Å²) in [5.74, 6) is -3.84. The lowest BCUT2D eigenvalue weighted by Gasteiger charge is -2.42. The summed E-state index contributed by atoms with van der Waals surface area (Å²) in [5, 5.41) is 21.5. The molecule has 6 aromatic carbocycles. The van der Waals surface area contributed by atoms with Crippen LogP contribution in [0.25, 0.3) is 67.2 Å². The van der Waals surface area contributed by atoms with Crippen molar-refractivity contribution in [2.75, 3.05) is 81.7 Å². The highest BCUT2D eigenvalue weighted by Crippen LogP contribution is 2.44. The predicted octanol–water partition coefficient (Wildman–Crippen LogP) is 19.7. The Morgan fingerprint density at radius 1 is 0.456 bits per heavy atom. The molecule has 3 amide bonds. The number of esters is 3. The number of hydrogen-bond donors (Lipinski definition) is 4. The molecule has 3 saturated carbocycles. The molecule has 3 unspecified atom stereocenters. The second-order valence-corrected chi connectivity index (χ2v) is 34.8. The number of rotatable bonds is 35. The Morgan fingerprint density at radius 3 is 1.27 bits per heavy atom. The number of aromatic nitrogens is 3. The van der Waals surface area contributed by atoms with E-state index < -0.39 is 70.9 Å². The van der Waals surface area contributed by atoms with Gasteiger partial charge in [0.15, 0.2) is 0 Å². The molecular weight excluding hydrogens is 1710 g/mol. The normalized spacial score (nSPS) is 17.5. The topological polar surface area (TPSA) is 253 Å². The minimum Gasteiger partial charge on any atom is -0.492 e. The molecular formula is C98H117Cl6N9O12. The molecule has 668 valence electrons. The number of carbonyl (C=O) groups excluding carboxylic acids is 6. The zero-order valence-electron chi connectivity index (χ0n) is 73.0. The van der Waals surface area contributed by atoms with Crippen LogP contribution in [0.2, 0.25) is 15.1 Å². The lowest BCUT2D eigenvalue weighted by atomic mass is 9.78. The highest BCUT2D eigenvalue weighted by molar-refractivity contribution is 6.33. The van der Waals surface area contributed by atoms with E-state index in [4.69, 9.17) is 73.4 Å². The Bertz CT molecular complexity index is 5230. The Kier molecular flexibility index (Phi) is 36.6. The fraction of sp³-hybridized carbons (Fsp3) is 0.418. The minimum atomic E-state index is -2.12. The average molecular weight is 1830 g/mol. The molecule has 3 aromatic heterocycles. The van der Waals surface area contributed by atoms with Crippen LogP contribution in [0.5, 0.6) is 17.2 Å². The Balaban J connectivity index is 0.00000590. The number of aliphatic hydroxyl groups excluding tert-OH is 1. The van der Waals surface area contributed by atoms with Gasteiger partial charge in [-0.2, -0.15) is 0 Å². The molecule has 3 fully saturated rings. The maximum absolute atomic E-state index is 16.1. The molecule has 12 rings (SSSR count). The van der Waals surface area contributed by atoms with Crippen LogP contribution < -0.4 is 30.2 Å². The molecule has 3 heterocycles. The van der Waals surface area contributed by atoms with Crippen molar-refractivity contribution in [2.24, 2.45) is 5.92 Å². The number of amides is 3. The van der Waals surface area contributed by atoms with Crippen LogP contribution in [-0.2, 0) is 43.1 Å². The van der Waals surface area contributed by atoms with Crippen LogP contribution in [0, 0.1) is 5.92 Å². The van der Waals surface area contributed by atoms with Crippen molar-refractivity contribution in [2.45, 2.75) is 179 Å². The van der Waals surface area contributed by atoms with Crippen molar-refractivity contribution in [3.8, 4) is 84.4 Å². The highest BCUT2D eigenvalue weighted by atomic mass is 35.5. The third-order valence-electron chi connectivity index (χ3n) is 23.3. The largest absolute Gasteiger partial charge is 0.492 e. The molecule has 21 nitrogen and oxygen atoms in total. The third-order valence-corrected chi connectivity index (χ3v) is 24.3. The Hall–Kier alpha value is -9.23. The molecule has 4 N–H and O–H groups in total. The van der Waals surface area contributed by atoms with Crippen molar-refractivity contribution >= 4 is 108 Å². The lowest BCUT2D eigenvalue weighted by Crippen LogP contribution is -2.63. The first-order valence-corrected chi connectivity index (χ1v) is 44.0. The molecule has 0 bridgehead atoms. The van der Waals surface area contributed by atoms with Crippen LogP contribution in [0.15, 0.2) is 164 Å². The van der Waals surface area contributed by atoms with Gasteiger partial charge in [-0.15, -0.1) is 37.2 Å². The van der Waals surface area contributed by atoms with Crippen molar-refractivity contribution in [1.82, 2.24) is 45.6 Å². The van der Waals surface area contributed by atoms with Gasteiger partial charge in [0.25, 0.3) is 17.7 Å². The van der Waals surface area contributed by atoms with Crippen molar-refractivity contribution in [3.63, 3.8) is 0 Å².